The van der Waals surface area contributed by atoms with E-state index >= 15 is 0 Å². The molecule has 57 heavy (non-hydrogen) atoms. The molecule has 6 unspecified atom stereocenters. The number of fused-ring (bicyclic) bond motifs is 1. The van der Waals surface area contributed by atoms with Crippen LogP contribution in [-0.2, 0) is 9.53 Å². The Morgan fingerprint density at radius 3 is 2.56 bits per heavy atom. The van der Waals surface area contributed by atoms with E-state index < -0.39 is 0 Å². The molecule has 3 heterocycles. The molecule has 0 radical (unpaired) electrons. The fourth-order valence-electron chi connectivity index (χ4n) is 10.9. The number of likely N-dealkylation sites (tertiary alicyclic amines) is 1. The molecule has 2 aromatic carbocycles. The predicted molar refractivity (Wildman–Crippen MR) is 225 cm³/mol. The number of ether oxygens (including phenoxy) is 3. The molecule has 1 N–H and O–H groups in total. The number of aliphatic imine (C=N–C) groups is 1. The number of carbonyl (C=O) groups is 2. The van der Waals surface area contributed by atoms with Crippen molar-refractivity contribution in [1.82, 2.24) is 14.7 Å². The summed E-state index contributed by atoms with van der Waals surface area (Å²) in [6.45, 7) is 11.6. The number of amides is 2. The smallest absolute Gasteiger partial charge is 0.412 e. The van der Waals surface area contributed by atoms with Crippen LogP contribution in [0.5, 0.6) is 11.5 Å². The Bertz CT molecular complexity index is 1840. The van der Waals surface area contributed by atoms with Crippen LogP contribution in [0, 0.1) is 18.3 Å². The summed E-state index contributed by atoms with van der Waals surface area (Å²) in [6.07, 6.45) is 19.3. The van der Waals surface area contributed by atoms with E-state index in [1.54, 1.807) is 7.11 Å². The summed E-state index contributed by atoms with van der Waals surface area (Å²) in [5.74, 6) is 1.08. The van der Waals surface area contributed by atoms with Gasteiger partial charge in [0.15, 0.2) is 0 Å². The molecule has 1 spiro atoms. The Kier molecular flexibility index (Phi) is 12.3. The van der Waals surface area contributed by atoms with E-state index in [1.165, 1.54) is 57.9 Å². The number of carbonyl (C=O) groups excluding carboxylic acids is 2. The van der Waals surface area contributed by atoms with Gasteiger partial charge in [0, 0.05) is 56.6 Å². The summed E-state index contributed by atoms with van der Waals surface area (Å²) < 4.78 is 17.4. The zero-order chi connectivity index (χ0) is 39.4. The Morgan fingerprint density at radius 1 is 0.947 bits per heavy atom. The molecule has 3 aliphatic carbocycles. The van der Waals surface area contributed by atoms with Gasteiger partial charge in [0.25, 0.3) is 0 Å². The average molecular weight is 779 g/mol. The van der Waals surface area contributed by atoms with Gasteiger partial charge in [-0.15, -0.1) is 0 Å². The molecule has 2 aromatic rings. The number of anilines is 2. The van der Waals surface area contributed by atoms with Crippen LogP contribution in [0.15, 0.2) is 71.8 Å². The zero-order valence-corrected chi connectivity index (χ0v) is 34.2. The largest absolute Gasteiger partial charge is 0.495 e. The van der Waals surface area contributed by atoms with Gasteiger partial charge in [0.2, 0.25) is 5.91 Å². The summed E-state index contributed by atoms with van der Waals surface area (Å²) in [7, 11) is 1.62. The molecule has 4 fully saturated rings. The number of methoxy groups -OCH3 is 1. The lowest BCUT2D eigenvalue weighted by Crippen LogP contribution is -2.66. The van der Waals surface area contributed by atoms with Crippen molar-refractivity contribution < 1.29 is 23.8 Å². The lowest BCUT2D eigenvalue weighted by atomic mass is 9.68. The molecule has 11 nitrogen and oxygen atoms in total. The standard InChI is InChI=1S/C46H62N6O5/c1-4-56-40-18-11-10-17-38(40)52-43(47-36-16-9-8-15-35(36)44(52)53)32-50-27-25-49(26-28-50)23-12-6-5-7-13-24-51-41-19-14-22-46(41)31-34(30-42(46)51)57-45(54)48-37-29-33(2)20-21-39(37)55-3/h8-11,15-18,20-21,29,34-35,41-43H,4-7,12-14,19,22-28,30-32H2,1-3H3,(H,48,54). The lowest BCUT2D eigenvalue weighted by molar-refractivity contribution is -0.120. The van der Waals surface area contributed by atoms with Gasteiger partial charge in [-0.2, -0.15) is 0 Å². The first-order valence-electron chi connectivity index (χ1n) is 21.7. The van der Waals surface area contributed by atoms with E-state index in [9.17, 15) is 9.59 Å². The highest BCUT2D eigenvalue weighted by Gasteiger charge is 2.66. The molecule has 2 saturated carbocycles. The normalized spacial score (nSPS) is 28.3. The summed E-state index contributed by atoms with van der Waals surface area (Å²) in [4.78, 5) is 41.8. The van der Waals surface area contributed by atoms with Gasteiger partial charge >= 0.3 is 6.09 Å². The average Bonchev–Trinajstić information content (AvgIpc) is 3.73. The number of rotatable bonds is 16. The van der Waals surface area contributed by atoms with Crippen molar-refractivity contribution in [2.24, 2.45) is 16.3 Å². The molecule has 8 rings (SSSR count). The number of nitrogens with zero attached hydrogens (tertiary/aromatic N) is 5. The van der Waals surface area contributed by atoms with Crippen molar-refractivity contribution in [3.63, 3.8) is 0 Å². The minimum atomic E-state index is -0.378. The van der Waals surface area contributed by atoms with Gasteiger partial charge in [-0.3, -0.25) is 29.8 Å². The van der Waals surface area contributed by atoms with Gasteiger partial charge in [0.1, 0.15) is 23.8 Å². The van der Waals surface area contributed by atoms with Gasteiger partial charge in [-0.25, -0.2) is 4.79 Å². The summed E-state index contributed by atoms with van der Waals surface area (Å²) >= 11 is 0. The number of benzene rings is 2. The van der Waals surface area contributed by atoms with Crippen molar-refractivity contribution in [3.8, 4) is 11.5 Å². The highest BCUT2D eigenvalue weighted by molar-refractivity contribution is 6.18. The second-order valence-electron chi connectivity index (χ2n) is 17.0. The number of aryl methyl sites for hydroxylation is 1. The first kappa shape index (κ1) is 39.6. The minimum Gasteiger partial charge on any atom is -0.495 e. The van der Waals surface area contributed by atoms with Crippen LogP contribution in [0.2, 0.25) is 0 Å². The number of allylic oxidation sites excluding steroid dienone is 3. The molecular formula is C46H62N6O5. The lowest BCUT2D eigenvalue weighted by Gasteiger charge is -2.58. The van der Waals surface area contributed by atoms with Gasteiger partial charge in [-0.05, 0) is 94.9 Å². The fraction of sp³-hybridized carbons (Fsp3) is 0.587. The number of unbranched alkanes of at least 4 members (excludes halogenated alkanes) is 4. The highest BCUT2D eigenvalue weighted by atomic mass is 16.6. The van der Waals surface area contributed by atoms with Crippen molar-refractivity contribution in [1.29, 1.82) is 0 Å². The second-order valence-corrected chi connectivity index (χ2v) is 17.0. The van der Waals surface area contributed by atoms with Crippen molar-refractivity contribution in [3.05, 3.63) is 72.3 Å². The third kappa shape index (κ3) is 8.39. The molecule has 2 saturated heterocycles. The number of hydrogen-bond acceptors (Lipinski definition) is 9. The number of para-hydroxylation sites is 2. The van der Waals surface area contributed by atoms with Crippen LogP contribution < -0.4 is 19.7 Å². The van der Waals surface area contributed by atoms with Gasteiger partial charge in [-0.1, -0.05) is 62.1 Å². The molecule has 2 amide bonds. The maximum absolute atomic E-state index is 13.9. The minimum absolute atomic E-state index is 0.0269. The van der Waals surface area contributed by atoms with E-state index in [2.05, 4.69) is 20.0 Å². The van der Waals surface area contributed by atoms with Crippen molar-refractivity contribution in [2.75, 3.05) is 69.7 Å². The maximum Gasteiger partial charge on any atom is 0.412 e. The maximum atomic E-state index is 13.9. The highest BCUT2D eigenvalue weighted by Crippen LogP contribution is 2.63. The monoisotopic (exact) mass is 778 g/mol. The number of nitrogens with one attached hydrogen (secondary N) is 1. The molecule has 6 aliphatic rings. The Labute approximate surface area is 339 Å². The molecular weight excluding hydrogens is 717 g/mol. The number of piperazine rings is 1. The topological polar surface area (TPSA) is 99.2 Å². The number of hydrogen-bond donors (Lipinski definition) is 1. The first-order chi connectivity index (χ1) is 27.9. The van der Waals surface area contributed by atoms with Crippen LogP contribution in [0.25, 0.3) is 0 Å². The first-order valence-corrected chi connectivity index (χ1v) is 21.7. The quantitative estimate of drug-likeness (QED) is 0.176. The van der Waals surface area contributed by atoms with Crippen LogP contribution in [0.4, 0.5) is 16.2 Å². The van der Waals surface area contributed by atoms with E-state index in [0.29, 0.717) is 42.1 Å². The fourth-order valence-corrected chi connectivity index (χ4v) is 10.9. The molecule has 3 aliphatic heterocycles. The predicted octanol–water partition coefficient (Wildman–Crippen LogP) is 7.46. The summed E-state index contributed by atoms with van der Waals surface area (Å²) in [5.41, 5.74) is 3.72. The zero-order valence-electron chi connectivity index (χ0n) is 34.2. The van der Waals surface area contributed by atoms with Crippen molar-refractivity contribution in [2.45, 2.75) is 102 Å². The summed E-state index contributed by atoms with van der Waals surface area (Å²) in [5, 5.41) is 2.94. The Hall–Kier alpha value is -4.19. The summed E-state index contributed by atoms with van der Waals surface area (Å²) in [6, 6.07) is 14.8. The second kappa shape index (κ2) is 17.7. The van der Waals surface area contributed by atoms with E-state index in [4.69, 9.17) is 19.2 Å². The van der Waals surface area contributed by atoms with E-state index in [1.807, 2.05) is 85.5 Å². The molecule has 0 aromatic heterocycles. The van der Waals surface area contributed by atoms with Gasteiger partial charge < -0.3 is 19.1 Å². The van der Waals surface area contributed by atoms with Gasteiger partial charge in [0.05, 0.1) is 36.7 Å². The molecule has 6 atom stereocenters. The van der Waals surface area contributed by atoms with E-state index in [0.717, 1.165) is 68.3 Å². The SMILES string of the molecule is CCOc1ccccc1N1C(=O)C2C=CC=CC2=NC1CN1CCN(CCCCCCCN2C3CCCC34CC(OC(=O)Nc3cc(C)ccc3OC)CC24)CC1. The third-order valence-corrected chi connectivity index (χ3v) is 13.5. The van der Waals surface area contributed by atoms with E-state index in [-0.39, 0.29) is 30.2 Å². The van der Waals surface area contributed by atoms with Crippen LogP contribution in [0.3, 0.4) is 0 Å². The van der Waals surface area contributed by atoms with Crippen molar-refractivity contribution >= 4 is 29.1 Å². The van der Waals surface area contributed by atoms with Crippen LogP contribution >= 0.6 is 0 Å². The third-order valence-electron chi connectivity index (χ3n) is 13.5. The molecule has 0 bridgehead atoms. The Balaban J connectivity index is 0.743. The van der Waals surface area contributed by atoms with Crippen LogP contribution in [0.1, 0.15) is 76.7 Å². The van der Waals surface area contributed by atoms with Crippen LogP contribution in [-0.4, -0.2) is 116 Å². The molecule has 11 heteroatoms. The Morgan fingerprint density at radius 2 is 1.74 bits per heavy atom. The molecule has 306 valence electrons.